The molecule has 9 heteroatoms. The summed E-state index contributed by atoms with van der Waals surface area (Å²) >= 11 is 0. The lowest BCUT2D eigenvalue weighted by Gasteiger charge is -2.29. The molecule has 1 unspecified atom stereocenters. The summed E-state index contributed by atoms with van der Waals surface area (Å²) in [6.07, 6.45) is -0.371. The molecule has 3 rings (SSSR count). The van der Waals surface area contributed by atoms with Gasteiger partial charge in [-0.1, -0.05) is 0 Å². The number of rotatable bonds is 4. The van der Waals surface area contributed by atoms with Crippen molar-refractivity contribution in [1.29, 1.82) is 0 Å². The molecule has 126 valence electrons. The van der Waals surface area contributed by atoms with Gasteiger partial charge in [0.05, 0.1) is 11.0 Å². The van der Waals surface area contributed by atoms with Gasteiger partial charge in [-0.05, 0) is 12.1 Å². The standard InChI is InChI=1S/C14H18N2O6S/c1-16-8-10(22-9-14(16)17)7-15-23(18,19)11-2-3-12-13(6-11)21-5-4-20-12/h2-3,6,10,15H,4-5,7-9H2,1H3. The maximum atomic E-state index is 12.4. The Morgan fingerprint density at radius 2 is 2.00 bits per heavy atom. The Balaban J connectivity index is 1.66. The summed E-state index contributed by atoms with van der Waals surface area (Å²) < 4.78 is 43.3. The Labute approximate surface area is 134 Å². The van der Waals surface area contributed by atoms with E-state index in [1.54, 1.807) is 13.1 Å². The van der Waals surface area contributed by atoms with Crippen LogP contribution in [0.25, 0.3) is 0 Å². The van der Waals surface area contributed by atoms with Crippen LogP contribution < -0.4 is 14.2 Å². The molecule has 0 spiro atoms. The molecule has 0 saturated carbocycles. The fourth-order valence-electron chi connectivity index (χ4n) is 2.36. The lowest BCUT2D eigenvalue weighted by molar-refractivity contribution is -0.146. The molecule has 0 bridgehead atoms. The second kappa shape index (κ2) is 6.34. The van der Waals surface area contributed by atoms with Gasteiger partial charge in [0.25, 0.3) is 0 Å². The molecule has 1 amide bonds. The topological polar surface area (TPSA) is 94.2 Å². The van der Waals surface area contributed by atoms with Crippen LogP contribution in [-0.2, 0) is 19.6 Å². The lowest BCUT2D eigenvalue weighted by atomic mass is 10.3. The van der Waals surface area contributed by atoms with E-state index >= 15 is 0 Å². The summed E-state index contributed by atoms with van der Waals surface area (Å²) in [7, 11) is -2.03. The van der Waals surface area contributed by atoms with E-state index in [1.165, 1.54) is 17.0 Å². The molecule has 0 aliphatic carbocycles. The van der Waals surface area contributed by atoms with Gasteiger partial charge in [0.1, 0.15) is 19.8 Å². The van der Waals surface area contributed by atoms with Crippen molar-refractivity contribution in [3.63, 3.8) is 0 Å². The van der Waals surface area contributed by atoms with Gasteiger partial charge in [-0.3, -0.25) is 4.79 Å². The van der Waals surface area contributed by atoms with Crippen molar-refractivity contribution in [2.45, 2.75) is 11.0 Å². The summed E-state index contributed by atoms with van der Waals surface area (Å²) in [5.74, 6) is 0.834. The minimum Gasteiger partial charge on any atom is -0.486 e. The zero-order chi connectivity index (χ0) is 16.4. The molecule has 8 nitrogen and oxygen atoms in total. The number of amides is 1. The van der Waals surface area contributed by atoms with Crippen LogP contribution in [-0.4, -0.2) is 65.3 Å². The molecular formula is C14H18N2O6S. The molecule has 0 aromatic heterocycles. The zero-order valence-corrected chi connectivity index (χ0v) is 13.5. The molecular weight excluding hydrogens is 324 g/mol. The van der Waals surface area contributed by atoms with E-state index < -0.39 is 10.0 Å². The average Bonchev–Trinajstić information content (AvgIpc) is 2.55. The highest BCUT2D eigenvalue weighted by Crippen LogP contribution is 2.32. The first-order chi connectivity index (χ1) is 11.0. The Morgan fingerprint density at radius 3 is 2.74 bits per heavy atom. The van der Waals surface area contributed by atoms with Crippen molar-refractivity contribution in [3.05, 3.63) is 18.2 Å². The number of benzene rings is 1. The third-order valence-electron chi connectivity index (χ3n) is 3.67. The van der Waals surface area contributed by atoms with Crippen molar-refractivity contribution in [2.75, 3.05) is 40.0 Å². The molecule has 0 radical (unpaired) electrons. The van der Waals surface area contributed by atoms with Crippen molar-refractivity contribution in [2.24, 2.45) is 0 Å². The number of likely N-dealkylation sites (N-methyl/N-ethyl adjacent to an activating group) is 1. The zero-order valence-electron chi connectivity index (χ0n) is 12.6. The van der Waals surface area contributed by atoms with E-state index in [1.807, 2.05) is 0 Å². The highest BCUT2D eigenvalue weighted by molar-refractivity contribution is 7.89. The molecule has 2 aliphatic heterocycles. The lowest BCUT2D eigenvalue weighted by Crippen LogP contribution is -2.48. The molecule has 1 saturated heterocycles. The van der Waals surface area contributed by atoms with Crippen LogP contribution in [0.1, 0.15) is 0 Å². The van der Waals surface area contributed by atoms with Crippen molar-refractivity contribution in [1.82, 2.24) is 9.62 Å². The number of fused-ring (bicyclic) bond motifs is 1. The van der Waals surface area contributed by atoms with E-state index in [0.29, 0.717) is 31.3 Å². The van der Waals surface area contributed by atoms with E-state index in [2.05, 4.69) is 4.72 Å². The minimum absolute atomic E-state index is 0.0348. The SMILES string of the molecule is CN1CC(CNS(=O)(=O)c2ccc3c(c2)OCCO3)OCC1=O. The first kappa shape index (κ1) is 16.0. The van der Waals surface area contributed by atoms with E-state index in [-0.39, 0.29) is 30.1 Å². The van der Waals surface area contributed by atoms with Gasteiger partial charge in [-0.2, -0.15) is 0 Å². The molecule has 2 heterocycles. The van der Waals surface area contributed by atoms with Crippen LogP contribution >= 0.6 is 0 Å². The Hall–Kier alpha value is -1.84. The Morgan fingerprint density at radius 1 is 1.26 bits per heavy atom. The number of carbonyl (C=O) groups is 1. The van der Waals surface area contributed by atoms with Crippen LogP contribution in [0.15, 0.2) is 23.1 Å². The summed E-state index contributed by atoms with van der Waals surface area (Å²) in [5, 5.41) is 0. The molecule has 1 aromatic rings. The summed E-state index contributed by atoms with van der Waals surface area (Å²) in [6, 6.07) is 4.48. The number of sulfonamides is 1. The first-order valence-electron chi connectivity index (χ1n) is 7.20. The highest BCUT2D eigenvalue weighted by Gasteiger charge is 2.26. The number of carbonyl (C=O) groups excluding carboxylic acids is 1. The summed E-state index contributed by atoms with van der Waals surface area (Å²) in [6.45, 7) is 1.24. The smallest absolute Gasteiger partial charge is 0.248 e. The fourth-order valence-corrected chi connectivity index (χ4v) is 3.44. The molecule has 2 aliphatic rings. The third-order valence-corrected chi connectivity index (χ3v) is 5.09. The van der Waals surface area contributed by atoms with Gasteiger partial charge in [-0.25, -0.2) is 13.1 Å². The number of nitrogens with zero attached hydrogens (tertiary/aromatic N) is 1. The van der Waals surface area contributed by atoms with Crippen LogP contribution in [0, 0.1) is 0 Å². The number of nitrogens with one attached hydrogen (secondary N) is 1. The number of morpholine rings is 1. The Kier molecular flexibility index (Phi) is 4.42. The maximum absolute atomic E-state index is 12.4. The molecule has 1 fully saturated rings. The van der Waals surface area contributed by atoms with Gasteiger partial charge in [-0.15, -0.1) is 0 Å². The van der Waals surface area contributed by atoms with E-state index in [4.69, 9.17) is 14.2 Å². The monoisotopic (exact) mass is 342 g/mol. The maximum Gasteiger partial charge on any atom is 0.248 e. The van der Waals surface area contributed by atoms with Gasteiger partial charge >= 0.3 is 0 Å². The fraction of sp³-hybridized carbons (Fsp3) is 0.500. The van der Waals surface area contributed by atoms with Gasteiger partial charge in [0.2, 0.25) is 15.9 Å². The minimum atomic E-state index is -3.69. The summed E-state index contributed by atoms with van der Waals surface area (Å²) in [5.41, 5.74) is 0. The Bertz CT molecular complexity index is 705. The van der Waals surface area contributed by atoms with Crippen LogP contribution in [0.2, 0.25) is 0 Å². The van der Waals surface area contributed by atoms with E-state index in [9.17, 15) is 13.2 Å². The predicted molar refractivity (Wildman–Crippen MR) is 80.0 cm³/mol. The predicted octanol–water partition coefficient (Wildman–Crippen LogP) is -0.407. The van der Waals surface area contributed by atoms with Gasteiger partial charge in [0, 0.05) is 26.2 Å². The van der Waals surface area contributed by atoms with Gasteiger partial charge in [0.15, 0.2) is 11.5 Å². The molecule has 1 aromatic carbocycles. The molecule has 1 N–H and O–H groups in total. The normalized spacial score (nSPS) is 21.3. The first-order valence-corrected chi connectivity index (χ1v) is 8.69. The van der Waals surface area contributed by atoms with Crippen molar-refractivity contribution >= 4 is 15.9 Å². The average molecular weight is 342 g/mol. The molecule has 23 heavy (non-hydrogen) atoms. The number of hydrogen-bond donors (Lipinski definition) is 1. The number of hydrogen-bond acceptors (Lipinski definition) is 6. The van der Waals surface area contributed by atoms with Crippen LogP contribution in [0.5, 0.6) is 11.5 Å². The third kappa shape index (κ3) is 3.57. The molecule has 1 atom stereocenters. The highest BCUT2D eigenvalue weighted by atomic mass is 32.2. The number of ether oxygens (including phenoxy) is 3. The summed E-state index contributed by atoms with van der Waals surface area (Å²) in [4.78, 5) is 13.0. The largest absolute Gasteiger partial charge is 0.486 e. The second-order valence-corrected chi connectivity index (χ2v) is 7.13. The van der Waals surface area contributed by atoms with Crippen molar-refractivity contribution in [3.8, 4) is 11.5 Å². The van der Waals surface area contributed by atoms with Crippen LogP contribution in [0.3, 0.4) is 0 Å². The van der Waals surface area contributed by atoms with Crippen molar-refractivity contribution < 1.29 is 27.4 Å². The quantitative estimate of drug-likeness (QED) is 0.800. The van der Waals surface area contributed by atoms with Gasteiger partial charge < -0.3 is 19.1 Å². The van der Waals surface area contributed by atoms with Crippen LogP contribution in [0.4, 0.5) is 0 Å². The second-order valence-electron chi connectivity index (χ2n) is 5.36. The van der Waals surface area contributed by atoms with E-state index in [0.717, 1.165) is 0 Å².